The van der Waals surface area contributed by atoms with Crippen molar-refractivity contribution in [3.63, 3.8) is 0 Å². The van der Waals surface area contributed by atoms with E-state index in [4.69, 9.17) is 4.74 Å². The predicted octanol–water partition coefficient (Wildman–Crippen LogP) is 0.926. The summed E-state index contributed by atoms with van der Waals surface area (Å²) in [5.41, 5.74) is 2.20. The summed E-state index contributed by atoms with van der Waals surface area (Å²) >= 11 is 0. The molecule has 1 aliphatic rings. The van der Waals surface area contributed by atoms with E-state index in [0.29, 0.717) is 19.6 Å². The van der Waals surface area contributed by atoms with Crippen LogP contribution >= 0.6 is 0 Å². The van der Waals surface area contributed by atoms with Gasteiger partial charge in [-0.1, -0.05) is 30.3 Å². The van der Waals surface area contributed by atoms with Crippen molar-refractivity contribution in [2.75, 3.05) is 19.7 Å². The zero-order valence-electron chi connectivity index (χ0n) is 13.1. The molecular weight excluding hydrogens is 292 g/mol. The van der Waals surface area contributed by atoms with Crippen molar-refractivity contribution in [2.45, 2.75) is 25.6 Å². The van der Waals surface area contributed by atoms with Gasteiger partial charge in [0.2, 0.25) is 5.91 Å². The van der Waals surface area contributed by atoms with E-state index in [9.17, 15) is 4.79 Å². The van der Waals surface area contributed by atoms with Crippen LogP contribution in [0.15, 0.2) is 42.7 Å². The number of amides is 1. The zero-order chi connectivity index (χ0) is 15.9. The highest BCUT2D eigenvalue weighted by Gasteiger charge is 2.17. The lowest BCUT2D eigenvalue weighted by Crippen LogP contribution is -2.41. The Kier molecular flexibility index (Phi) is 5.39. The van der Waals surface area contributed by atoms with E-state index in [-0.39, 0.29) is 12.0 Å². The first-order valence-electron chi connectivity index (χ1n) is 7.94. The van der Waals surface area contributed by atoms with Gasteiger partial charge in [0, 0.05) is 31.4 Å². The molecule has 2 aromatic rings. The van der Waals surface area contributed by atoms with E-state index >= 15 is 0 Å². The molecule has 0 unspecified atom stereocenters. The topological polar surface area (TPSA) is 68.2 Å². The van der Waals surface area contributed by atoms with Crippen LogP contribution in [0.5, 0.6) is 0 Å². The Labute approximate surface area is 135 Å². The molecule has 3 rings (SSSR count). The number of carbonyl (C=O) groups excluding carboxylic acids is 1. The maximum absolute atomic E-state index is 11.9. The number of ether oxygens (including phenoxy) is 1. The Bertz CT molecular complexity index is 621. The third kappa shape index (κ3) is 4.91. The number of benzene rings is 1. The van der Waals surface area contributed by atoms with Crippen molar-refractivity contribution in [3.05, 3.63) is 53.9 Å². The molecule has 0 radical (unpaired) electrons. The van der Waals surface area contributed by atoms with Gasteiger partial charge in [0.15, 0.2) is 0 Å². The highest BCUT2D eigenvalue weighted by atomic mass is 16.5. The van der Waals surface area contributed by atoms with E-state index in [1.165, 1.54) is 5.56 Å². The van der Waals surface area contributed by atoms with Gasteiger partial charge in [-0.15, -0.1) is 0 Å². The van der Waals surface area contributed by atoms with Gasteiger partial charge in [0.1, 0.15) is 0 Å². The summed E-state index contributed by atoms with van der Waals surface area (Å²) in [5.74, 6) is 0.00880. The van der Waals surface area contributed by atoms with Crippen molar-refractivity contribution in [3.8, 4) is 0 Å². The maximum atomic E-state index is 11.9. The van der Waals surface area contributed by atoms with Crippen LogP contribution in [0.4, 0.5) is 0 Å². The monoisotopic (exact) mass is 314 g/mol. The van der Waals surface area contributed by atoms with Crippen LogP contribution in [0, 0.1) is 0 Å². The van der Waals surface area contributed by atoms with Crippen molar-refractivity contribution in [1.29, 1.82) is 0 Å². The molecule has 1 saturated heterocycles. The molecule has 1 aromatic heterocycles. The second-order valence-electron chi connectivity index (χ2n) is 5.71. The van der Waals surface area contributed by atoms with Crippen LogP contribution in [0.25, 0.3) is 0 Å². The van der Waals surface area contributed by atoms with E-state index in [2.05, 4.69) is 27.9 Å². The van der Waals surface area contributed by atoms with Gasteiger partial charge in [0.25, 0.3) is 0 Å². The van der Waals surface area contributed by atoms with Gasteiger partial charge in [0.05, 0.1) is 31.9 Å². The van der Waals surface area contributed by atoms with E-state index in [0.717, 1.165) is 25.2 Å². The minimum Gasteiger partial charge on any atom is -0.375 e. The first-order valence-corrected chi connectivity index (χ1v) is 7.94. The van der Waals surface area contributed by atoms with Crippen molar-refractivity contribution >= 4 is 5.91 Å². The first kappa shape index (κ1) is 15.7. The van der Waals surface area contributed by atoms with Gasteiger partial charge in [-0.05, 0) is 5.56 Å². The highest BCUT2D eigenvalue weighted by Crippen LogP contribution is 2.05. The predicted molar refractivity (Wildman–Crippen MR) is 86.8 cm³/mol. The van der Waals surface area contributed by atoms with Crippen LogP contribution < -0.4 is 10.6 Å². The highest BCUT2D eigenvalue weighted by molar-refractivity contribution is 5.76. The average molecular weight is 314 g/mol. The van der Waals surface area contributed by atoms with E-state index in [1.807, 2.05) is 29.1 Å². The molecule has 122 valence electrons. The van der Waals surface area contributed by atoms with Gasteiger partial charge < -0.3 is 15.4 Å². The molecule has 2 heterocycles. The number of hydrogen-bond acceptors (Lipinski definition) is 4. The second kappa shape index (κ2) is 7.89. The lowest BCUT2D eigenvalue weighted by atomic mass is 10.2. The van der Waals surface area contributed by atoms with Crippen LogP contribution in [0.1, 0.15) is 17.5 Å². The number of aromatic nitrogens is 2. The number of nitrogens with one attached hydrogen (secondary N) is 2. The maximum Gasteiger partial charge on any atom is 0.222 e. The Morgan fingerprint density at radius 3 is 3.00 bits per heavy atom. The largest absolute Gasteiger partial charge is 0.375 e. The summed E-state index contributed by atoms with van der Waals surface area (Å²) in [4.78, 5) is 11.9. The quantitative estimate of drug-likeness (QED) is 0.832. The Morgan fingerprint density at radius 1 is 1.35 bits per heavy atom. The molecule has 1 aromatic carbocycles. The van der Waals surface area contributed by atoms with Gasteiger partial charge in [-0.2, -0.15) is 5.10 Å². The number of hydrogen-bond donors (Lipinski definition) is 2. The fourth-order valence-corrected chi connectivity index (χ4v) is 2.59. The van der Waals surface area contributed by atoms with Crippen LogP contribution in [-0.2, 0) is 22.6 Å². The fourth-order valence-electron chi connectivity index (χ4n) is 2.59. The number of rotatable bonds is 6. The summed E-state index contributed by atoms with van der Waals surface area (Å²) in [5, 5.41) is 10.5. The normalized spacial score (nSPS) is 17.8. The Hall–Kier alpha value is -2.18. The second-order valence-corrected chi connectivity index (χ2v) is 5.71. The van der Waals surface area contributed by atoms with Gasteiger partial charge in [-0.25, -0.2) is 0 Å². The molecule has 0 aliphatic carbocycles. The lowest BCUT2D eigenvalue weighted by Gasteiger charge is -2.22. The van der Waals surface area contributed by atoms with Gasteiger partial charge >= 0.3 is 0 Å². The van der Waals surface area contributed by atoms with E-state index < -0.39 is 0 Å². The third-order valence-electron chi connectivity index (χ3n) is 3.78. The van der Waals surface area contributed by atoms with Crippen LogP contribution in [-0.4, -0.2) is 41.5 Å². The molecular formula is C17H22N4O2. The molecule has 23 heavy (non-hydrogen) atoms. The summed E-state index contributed by atoms with van der Waals surface area (Å²) in [6.45, 7) is 3.50. The molecule has 0 saturated carbocycles. The minimum atomic E-state index is -0.0236. The summed E-state index contributed by atoms with van der Waals surface area (Å²) in [6.07, 6.45) is 4.13. The molecule has 2 N–H and O–H groups in total. The van der Waals surface area contributed by atoms with Crippen molar-refractivity contribution in [2.24, 2.45) is 0 Å². The smallest absolute Gasteiger partial charge is 0.222 e. The SMILES string of the molecule is O=C(C[C@@H]1CNCCO1)NCc1cnn(Cc2ccccc2)c1. The number of nitrogens with zero attached hydrogens (tertiary/aromatic N) is 2. The molecule has 6 nitrogen and oxygen atoms in total. The summed E-state index contributed by atoms with van der Waals surface area (Å²) < 4.78 is 7.41. The Balaban J connectivity index is 1.44. The number of morpholine rings is 1. The Morgan fingerprint density at radius 2 is 2.22 bits per heavy atom. The lowest BCUT2D eigenvalue weighted by molar-refractivity contribution is -0.124. The van der Waals surface area contributed by atoms with Crippen LogP contribution in [0.3, 0.4) is 0 Å². The first-order chi connectivity index (χ1) is 11.3. The molecule has 1 fully saturated rings. The fraction of sp³-hybridized carbons (Fsp3) is 0.412. The summed E-state index contributed by atoms with van der Waals surface area (Å²) in [7, 11) is 0. The molecule has 1 amide bonds. The standard InChI is InChI=1S/C17H22N4O2/c22-17(8-16-11-18-6-7-23-16)19-9-15-10-20-21(13-15)12-14-4-2-1-3-5-14/h1-5,10,13,16,18H,6-9,11-12H2,(H,19,22)/t16-/m1/s1. The minimum absolute atomic E-state index is 0.00880. The van der Waals surface area contributed by atoms with E-state index in [1.54, 1.807) is 6.20 Å². The molecule has 1 aliphatic heterocycles. The molecule has 1 atom stereocenters. The van der Waals surface area contributed by atoms with Crippen molar-refractivity contribution in [1.82, 2.24) is 20.4 Å². The number of carbonyl (C=O) groups is 1. The zero-order valence-corrected chi connectivity index (χ0v) is 13.1. The third-order valence-corrected chi connectivity index (χ3v) is 3.78. The average Bonchev–Trinajstić information content (AvgIpc) is 3.02. The molecule has 0 spiro atoms. The molecule has 0 bridgehead atoms. The summed E-state index contributed by atoms with van der Waals surface area (Å²) in [6, 6.07) is 10.2. The van der Waals surface area contributed by atoms with Crippen LogP contribution in [0.2, 0.25) is 0 Å². The van der Waals surface area contributed by atoms with Gasteiger partial charge in [-0.3, -0.25) is 9.48 Å². The van der Waals surface area contributed by atoms with Crippen molar-refractivity contribution < 1.29 is 9.53 Å². The molecule has 6 heteroatoms.